The molecule has 2 aromatic rings. The van der Waals surface area contributed by atoms with Gasteiger partial charge in [-0.1, -0.05) is 6.07 Å². The zero-order valence-corrected chi connectivity index (χ0v) is 15.6. The molecule has 0 radical (unpaired) electrons. The molecule has 0 bridgehead atoms. The summed E-state index contributed by atoms with van der Waals surface area (Å²) in [4.78, 5) is 39.5. The van der Waals surface area contributed by atoms with Gasteiger partial charge < -0.3 is 16.0 Å². The van der Waals surface area contributed by atoms with Gasteiger partial charge >= 0.3 is 0 Å². The molecule has 148 valence electrons. The number of benzene rings is 1. The molecule has 1 saturated heterocycles. The number of halogens is 2. The SMILES string of the molecule is O=C1CCC(C(=O)Nc2nc(CC(=O)NCc3ccc(F)cc3F)cs2)CN1. The van der Waals surface area contributed by atoms with E-state index in [0.717, 1.165) is 12.1 Å². The van der Waals surface area contributed by atoms with Crippen LogP contribution in [-0.4, -0.2) is 29.3 Å². The first-order chi connectivity index (χ1) is 13.4. The molecule has 2 heterocycles. The Morgan fingerprint density at radius 1 is 1.32 bits per heavy atom. The maximum absolute atomic E-state index is 13.6. The van der Waals surface area contributed by atoms with Crippen molar-refractivity contribution in [2.45, 2.75) is 25.8 Å². The smallest absolute Gasteiger partial charge is 0.231 e. The highest BCUT2D eigenvalue weighted by Crippen LogP contribution is 2.19. The van der Waals surface area contributed by atoms with E-state index in [1.54, 1.807) is 5.38 Å². The Hall–Kier alpha value is -2.88. The highest BCUT2D eigenvalue weighted by atomic mass is 32.1. The minimum Gasteiger partial charge on any atom is -0.355 e. The average molecular weight is 408 g/mol. The van der Waals surface area contributed by atoms with Crippen LogP contribution >= 0.6 is 11.3 Å². The van der Waals surface area contributed by atoms with Crippen molar-refractivity contribution >= 4 is 34.2 Å². The first-order valence-electron chi connectivity index (χ1n) is 8.63. The molecule has 3 rings (SSSR count). The van der Waals surface area contributed by atoms with Gasteiger partial charge in [0.05, 0.1) is 18.0 Å². The van der Waals surface area contributed by atoms with Crippen molar-refractivity contribution in [3.63, 3.8) is 0 Å². The monoisotopic (exact) mass is 408 g/mol. The Morgan fingerprint density at radius 3 is 2.86 bits per heavy atom. The second-order valence-electron chi connectivity index (χ2n) is 6.36. The van der Waals surface area contributed by atoms with Gasteiger partial charge in [0, 0.05) is 36.5 Å². The number of nitrogens with zero attached hydrogens (tertiary/aromatic N) is 1. The average Bonchev–Trinajstić information content (AvgIpc) is 3.08. The van der Waals surface area contributed by atoms with Gasteiger partial charge in [-0.15, -0.1) is 11.3 Å². The summed E-state index contributed by atoms with van der Waals surface area (Å²) in [6.07, 6.45) is 0.767. The lowest BCUT2D eigenvalue weighted by Gasteiger charge is -2.20. The third kappa shape index (κ3) is 5.32. The third-order valence-corrected chi connectivity index (χ3v) is 5.06. The minimum absolute atomic E-state index is 0.0331. The molecule has 1 atom stereocenters. The fraction of sp³-hybridized carbons (Fsp3) is 0.333. The standard InChI is InChI=1S/C18H18F2N4O3S/c19-12-3-1-10(14(20)5-12)7-22-16(26)6-13-9-28-18(23-13)24-17(27)11-2-4-15(25)21-8-11/h1,3,5,9,11H,2,4,6-8H2,(H,21,25)(H,22,26)(H,23,24,27). The molecule has 10 heteroatoms. The number of carbonyl (C=O) groups is 3. The summed E-state index contributed by atoms with van der Waals surface area (Å²) in [5.74, 6) is -2.37. The number of rotatable bonds is 6. The van der Waals surface area contributed by atoms with E-state index in [9.17, 15) is 23.2 Å². The number of thiazole rings is 1. The number of hydrogen-bond acceptors (Lipinski definition) is 5. The Labute approximate surface area is 163 Å². The first-order valence-corrected chi connectivity index (χ1v) is 9.51. The highest BCUT2D eigenvalue weighted by Gasteiger charge is 2.25. The Bertz CT molecular complexity index is 893. The highest BCUT2D eigenvalue weighted by molar-refractivity contribution is 7.13. The predicted molar refractivity (Wildman–Crippen MR) is 98.4 cm³/mol. The van der Waals surface area contributed by atoms with Crippen molar-refractivity contribution in [1.82, 2.24) is 15.6 Å². The molecule has 0 aliphatic carbocycles. The molecule has 1 fully saturated rings. The molecule has 1 aliphatic heterocycles. The Balaban J connectivity index is 1.47. The van der Waals surface area contributed by atoms with Crippen LogP contribution in [0.1, 0.15) is 24.1 Å². The van der Waals surface area contributed by atoms with Crippen molar-refractivity contribution in [1.29, 1.82) is 0 Å². The van der Waals surface area contributed by atoms with Crippen LogP contribution in [0.2, 0.25) is 0 Å². The van der Waals surface area contributed by atoms with Crippen LogP contribution in [0.5, 0.6) is 0 Å². The summed E-state index contributed by atoms with van der Waals surface area (Å²) in [7, 11) is 0. The quantitative estimate of drug-likeness (QED) is 0.678. The predicted octanol–water partition coefficient (Wildman–Crippen LogP) is 1.74. The van der Waals surface area contributed by atoms with Gasteiger partial charge in [-0.3, -0.25) is 14.4 Å². The van der Waals surface area contributed by atoms with Gasteiger partial charge in [0.15, 0.2) is 5.13 Å². The zero-order chi connectivity index (χ0) is 20.1. The molecule has 1 aromatic heterocycles. The van der Waals surface area contributed by atoms with Crippen molar-refractivity contribution in [2.75, 3.05) is 11.9 Å². The van der Waals surface area contributed by atoms with Crippen LogP contribution in [-0.2, 0) is 27.3 Å². The Kier molecular flexibility index (Phi) is 6.30. The summed E-state index contributed by atoms with van der Waals surface area (Å²) in [6, 6.07) is 3.15. The van der Waals surface area contributed by atoms with E-state index in [-0.39, 0.29) is 42.2 Å². The summed E-state index contributed by atoms with van der Waals surface area (Å²) < 4.78 is 26.4. The number of nitrogens with one attached hydrogen (secondary N) is 3. The molecule has 3 N–H and O–H groups in total. The van der Waals surface area contributed by atoms with Crippen LogP contribution in [0.25, 0.3) is 0 Å². The van der Waals surface area contributed by atoms with E-state index in [1.807, 2.05) is 0 Å². The molecule has 1 aliphatic rings. The van der Waals surface area contributed by atoms with Crippen LogP contribution in [0.3, 0.4) is 0 Å². The maximum atomic E-state index is 13.6. The van der Waals surface area contributed by atoms with Crippen LogP contribution < -0.4 is 16.0 Å². The molecule has 7 nitrogen and oxygen atoms in total. The van der Waals surface area contributed by atoms with E-state index in [4.69, 9.17) is 0 Å². The van der Waals surface area contributed by atoms with E-state index in [2.05, 4.69) is 20.9 Å². The summed E-state index contributed by atoms with van der Waals surface area (Å²) in [5.41, 5.74) is 0.648. The van der Waals surface area contributed by atoms with E-state index in [1.165, 1.54) is 17.4 Å². The lowest BCUT2D eigenvalue weighted by atomic mass is 9.98. The largest absolute Gasteiger partial charge is 0.355 e. The molecule has 1 unspecified atom stereocenters. The summed E-state index contributed by atoms with van der Waals surface area (Å²) in [6.45, 7) is 0.233. The van der Waals surface area contributed by atoms with Crippen molar-refractivity contribution in [2.24, 2.45) is 5.92 Å². The second-order valence-corrected chi connectivity index (χ2v) is 7.22. The molecular weight excluding hydrogens is 390 g/mol. The molecular formula is C18H18F2N4O3S. The molecule has 0 saturated carbocycles. The van der Waals surface area contributed by atoms with Crippen molar-refractivity contribution in [3.8, 4) is 0 Å². The van der Waals surface area contributed by atoms with Gasteiger partial charge in [-0.2, -0.15) is 0 Å². The molecule has 3 amide bonds. The number of hydrogen-bond donors (Lipinski definition) is 3. The lowest BCUT2D eigenvalue weighted by molar-refractivity contribution is -0.126. The van der Waals surface area contributed by atoms with E-state index < -0.39 is 11.6 Å². The van der Waals surface area contributed by atoms with Crippen LogP contribution in [0.4, 0.5) is 13.9 Å². The van der Waals surface area contributed by atoms with Gasteiger partial charge in [0.25, 0.3) is 0 Å². The maximum Gasteiger partial charge on any atom is 0.231 e. The van der Waals surface area contributed by atoms with Gasteiger partial charge in [0.1, 0.15) is 11.6 Å². The van der Waals surface area contributed by atoms with Gasteiger partial charge in [0.2, 0.25) is 17.7 Å². The van der Waals surface area contributed by atoms with Gasteiger partial charge in [-0.05, 0) is 12.5 Å². The minimum atomic E-state index is -0.724. The molecule has 1 aromatic carbocycles. The lowest BCUT2D eigenvalue weighted by Crippen LogP contribution is -2.40. The number of piperidine rings is 1. The normalized spacial score (nSPS) is 16.4. The topological polar surface area (TPSA) is 100 Å². The fourth-order valence-corrected chi connectivity index (χ4v) is 3.41. The number of anilines is 1. The number of carbonyl (C=O) groups excluding carboxylic acids is 3. The van der Waals surface area contributed by atoms with E-state index in [0.29, 0.717) is 30.2 Å². The number of amides is 3. The first kappa shape index (κ1) is 19.9. The number of aromatic nitrogens is 1. The zero-order valence-electron chi connectivity index (χ0n) is 14.8. The second kappa shape index (κ2) is 8.87. The van der Waals surface area contributed by atoms with Crippen LogP contribution in [0.15, 0.2) is 23.6 Å². The summed E-state index contributed by atoms with van der Waals surface area (Å²) in [5, 5.41) is 9.91. The van der Waals surface area contributed by atoms with Crippen LogP contribution in [0, 0.1) is 17.6 Å². The van der Waals surface area contributed by atoms with Crippen molar-refractivity contribution in [3.05, 3.63) is 46.5 Å². The van der Waals surface area contributed by atoms with E-state index >= 15 is 0 Å². The third-order valence-electron chi connectivity index (χ3n) is 4.25. The fourth-order valence-electron chi connectivity index (χ4n) is 2.70. The van der Waals surface area contributed by atoms with Gasteiger partial charge in [-0.25, -0.2) is 13.8 Å². The Morgan fingerprint density at radius 2 is 2.14 bits per heavy atom. The van der Waals surface area contributed by atoms with Crippen molar-refractivity contribution < 1.29 is 23.2 Å². The molecule has 0 spiro atoms. The molecule has 28 heavy (non-hydrogen) atoms. The summed E-state index contributed by atoms with van der Waals surface area (Å²) >= 11 is 1.19.